The van der Waals surface area contributed by atoms with E-state index in [0.29, 0.717) is 11.8 Å². The number of nitro groups is 1. The van der Waals surface area contributed by atoms with Crippen molar-refractivity contribution in [3.8, 4) is 0 Å². The third-order valence-electron chi connectivity index (χ3n) is 4.29. The number of nitro benzene ring substituents is 1. The second-order valence-corrected chi connectivity index (χ2v) is 6.60. The fourth-order valence-corrected chi connectivity index (χ4v) is 3.16. The molecule has 2 aromatic rings. The van der Waals surface area contributed by atoms with Crippen LogP contribution in [0.1, 0.15) is 23.2 Å². The monoisotopic (exact) mass is 406 g/mol. The normalized spacial score (nSPS) is 13.3. The minimum atomic E-state index is -0.873. The van der Waals surface area contributed by atoms with Crippen molar-refractivity contribution in [1.82, 2.24) is 5.32 Å². The van der Waals surface area contributed by atoms with Gasteiger partial charge < -0.3 is 10.2 Å². The summed E-state index contributed by atoms with van der Waals surface area (Å²) >= 11 is 4.96. The van der Waals surface area contributed by atoms with Crippen LogP contribution in [0.5, 0.6) is 0 Å². The van der Waals surface area contributed by atoms with E-state index in [4.69, 9.17) is 12.2 Å². The van der Waals surface area contributed by atoms with Gasteiger partial charge in [-0.3, -0.25) is 20.2 Å². The van der Waals surface area contributed by atoms with E-state index in [-0.39, 0.29) is 22.1 Å². The van der Waals surface area contributed by atoms with Crippen LogP contribution in [-0.2, 0) is 0 Å². The van der Waals surface area contributed by atoms with Crippen molar-refractivity contribution in [3.05, 3.63) is 63.7 Å². The maximum Gasteiger partial charge on any atom is 0.293 e. The molecule has 0 aromatic heterocycles. The molecule has 0 radical (unpaired) electrons. The molecule has 0 bridgehead atoms. The molecule has 0 saturated carbocycles. The predicted octanol–water partition coefficient (Wildman–Crippen LogP) is 3.60. The number of hydrogen-bond donors (Lipinski definition) is 2. The van der Waals surface area contributed by atoms with E-state index in [1.807, 2.05) is 4.90 Å². The molecule has 10 heteroatoms. The number of amides is 1. The van der Waals surface area contributed by atoms with Crippen LogP contribution >= 0.6 is 12.2 Å². The van der Waals surface area contributed by atoms with Gasteiger partial charge in [0.25, 0.3) is 11.6 Å². The Morgan fingerprint density at radius 1 is 1.14 bits per heavy atom. The Balaban J connectivity index is 1.73. The van der Waals surface area contributed by atoms with E-state index in [2.05, 4.69) is 10.6 Å². The molecule has 2 aromatic carbocycles. The lowest BCUT2D eigenvalue weighted by Gasteiger charge is -2.18. The van der Waals surface area contributed by atoms with E-state index < -0.39 is 22.5 Å². The minimum absolute atomic E-state index is 0.0402. The van der Waals surface area contributed by atoms with Crippen LogP contribution in [-0.4, -0.2) is 29.0 Å². The van der Waals surface area contributed by atoms with E-state index in [1.54, 1.807) is 0 Å². The smallest absolute Gasteiger partial charge is 0.293 e. The maximum absolute atomic E-state index is 13.7. The first-order valence-electron chi connectivity index (χ1n) is 8.46. The number of anilines is 2. The predicted molar refractivity (Wildman–Crippen MR) is 105 cm³/mol. The topological polar surface area (TPSA) is 87.5 Å². The van der Waals surface area contributed by atoms with Crippen molar-refractivity contribution in [2.24, 2.45) is 0 Å². The van der Waals surface area contributed by atoms with E-state index in [1.165, 1.54) is 18.2 Å². The second-order valence-electron chi connectivity index (χ2n) is 6.19. The van der Waals surface area contributed by atoms with Gasteiger partial charge in [-0.25, -0.2) is 8.78 Å². The molecule has 28 heavy (non-hydrogen) atoms. The molecular formula is C18H16F2N4O3S. The second kappa shape index (κ2) is 8.26. The van der Waals surface area contributed by atoms with Crippen LogP contribution in [0.4, 0.5) is 25.8 Å². The fourth-order valence-electron chi connectivity index (χ4n) is 2.96. The third kappa shape index (κ3) is 4.39. The third-order valence-corrected chi connectivity index (χ3v) is 4.49. The van der Waals surface area contributed by atoms with Crippen LogP contribution < -0.4 is 15.5 Å². The zero-order valence-electron chi connectivity index (χ0n) is 14.6. The summed E-state index contributed by atoms with van der Waals surface area (Å²) < 4.78 is 26.6. The summed E-state index contributed by atoms with van der Waals surface area (Å²) in [4.78, 5) is 25.2. The van der Waals surface area contributed by atoms with Gasteiger partial charge in [0.15, 0.2) is 5.11 Å². The number of thiocarbonyl (C=S) groups is 1. The Bertz CT molecular complexity index is 948. The summed E-state index contributed by atoms with van der Waals surface area (Å²) in [6.45, 7) is 1.45. The average molecular weight is 406 g/mol. The van der Waals surface area contributed by atoms with Gasteiger partial charge >= 0.3 is 0 Å². The highest BCUT2D eigenvalue weighted by molar-refractivity contribution is 7.80. The lowest BCUT2D eigenvalue weighted by atomic mass is 10.1. The van der Waals surface area contributed by atoms with Gasteiger partial charge in [-0.2, -0.15) is 0 Å². The Kier molecular flexibility index (Phi) is 5.78. The van der Waals surface area contributed by atoms with Gasteiger partial charge in [-0.05, 0) is 49.3 Å². The number of carbonyl (C=O) groups is 1. The molecule has 0 atom stereocenters. The quantitative estimate of drug-likeness (QED) is 0.458. The number of carbonyl (C=O) groups excluding carboxylic acids is 1. The lowest BCUT2D eigenvalue weighted by Crippen LogP contribution is -2.34. The summed E-state index contributed by atoms with van der Waals surface area (Å²) in [6.07, 6.45) is 1.92. The molecule has 1 aliphatic rings. The maximum atomic E-state index is 13.7. The number of rotatable bonds is 4. The first-order chi connectivity index (χ1) is 13.3. The molecule has 1 aliphatic heterocycles. The molecule has 1 heterocycles. The molecule has 3 rings (SSSR count). The molecule has 146 valence electrons. The van der Waals surface area contributed by atoms with Crippen molar-refractivity contribution in [2.45, 2.75) is 12.8 Å². The van der Waals surface area contributed by atoms with Crippen LogP contribution in [0.2, 0.25) is 0 Å². The molecule has 7 nitrogen and oxygen atoms in total. The van der Waals surface area contributed by atoms with E-state index >= 15 is 0 Å². The first kappa shape index (κ1) is 19.6. The van der Waals surface area contributed by atoms with Crippen LogP contribution in [0.15, 0.2) is 36.4 Å². The van der Waals surface area contributed by atoms with Crippen molar-refractivity contribution in [2.75, 3.05) is 23.3 Å². The van der Waals surface area contributed by atoms with Crippen LogP contribution in [0.3, 0.4) is 0 Å². The molecular weight excluding hydrogens is 390 g/mol. The van der Waals surface area contributed by atoms with Gasteiger partial charge in [-0.15, -0.1) is 0 Å². The van der Waals surface area contributed by atoms with Gasteiger partial charge in [0, 0.05) is 30.8 Å². The SMILES string of the molecule is O=C(NC(=S)Nc1ccc(F)cc1F)c1ccc(N2CCCC2)c([N+](=O)[O-])c1. The summed E-state index contributed by atoms with van der Waals surface area (Å²) in [5.41, 5.74) is 0.228. The van der Waals surface area contributed by atoms with Crippen LogP contribution in [0.25, 0.3) is 0 Å². The number of hydrogen-bond acceptors (Lipinski definition) is 5. The van der Waals surface area contributed by atoms with E-state index in [0.717, 1.165) is 38.1 Å². The van der Waals surface area contributed by atoms with Crippen molar-refractivity contribution >= 4 is 40.3 Å². The lowest BCUT2D eigenvalue weighted by molar-refractivity contribution is -0.384. The zero-order chi connectivity index (χ0) is 20.3. The summed E-state index contributed by atoms with van der Waals surface area (Å²) in [5, 5.41) is 16.0. The highest BCUT2D eigenvalue weighted by Gasteiger charge is 2.24. The van der Waals surface area contributed by atoms with Gasteiger partial charge in [-0.1, -0.05) is 0 Å². The molecule has 0 unspecified atom stereocenters. The molecule has 0 spiro atoms. The molecule has 1 saturated heterocycles. The molecule has 1 amide bonds. The van der Waals surface area contributed by atoms with Crippen LogP contribution in [0, 0.1) is 21.7 Å². The zero-order valence-corrected chi connectivity index (χ0v) is 15.4. The Morgan fingerprint density at radius 3 is 2.50 bits per heavy atom. The highest BCUT2D eigenvalue weighted by Crippen LogP contribution is 2.31. The summed E-state index contributed by atoms with van der Waals surface area (Å²) in [7, 11) is 0. The number of benzene rings is 2. The number of nitrogens with one attached hydrogen (secondary N) is 2. The first-order valence-corrected chi connectivity index (χ1v) is 8.87. The van der Waals surface area contributed by atoms with Crippen molar-refractivity contribution < 1.29 is 18.5 Å². The van der Waals surface area contributed by atoms with Crippen molar-refractivity contribution in [1.29, 1.82) is 0 Å². The molecule has 1 fully saturated rings. The van der Waals surface area contributed by atoms with Gasteiger partial charge in [0.1, 0.15) is 17.3 Å². The van der Waals surface area contributed by atoms with E-state index in [9.17, 15) is 23.7 Å². The summed E-state index contributed by atoms with van der Waals surface area (Å²) in [6, 6.07) is 7.04. The Labute approximate surface area is 164 Å². The minimum Gasteiger partial charge on any atom is -0.366 e. The standard InChI is InChI=1S/C18H16F2N4O3S/c19-12-4-5-14(13(20)10-12)21-18(28)22-17(25)11-3-6-15(16(9-11)24(26)27)23-7-1-2-8-23/h3-6,9-10H,1-2,7-8H2,(H2,21,22,25,28). The fraction of sp³-hybridized carbons (Fsp3) is 0.222. The average Bonchev–Trinajstić information content (AvgIpc) is 3.18. The largest absolute Gasteiger partial charge is 0.366 e. The Morgan fingerprint density at radius 2 is 1.86 bits per heavy atom. The number of halogens is 2. The Hall–Kier alpha value is -3.14. The summed E-state index contributed by atoms with van der Waals surface area (Å²) in [5.74, 6) is -2.30. The van der Waals surface area contributed by atoms with Gasteiger partial charge in [0.2, 0.25) is 0 Å². The van der Waals surface area contributed by atoms with Crippen molar-refractivity contribution in [3.63, 3.8) is 0 Å². The highest BCUT2D eigenvalue weighted by atomic mass is 32.1. The molecule has 2 N–H and O–H groups in total. The molecule has 0 aliphatic carbocycles. The van der Waals surface area contributed by atoms with Gasteiger partial charge in [0.05, 0.1) is 10.6 Å². The number of nitrogens with zero attached hydrogens (tertiary/aromatic N) is 2.